The van der Waals surface area contributed by atoms with E-state index >= 15 is 0 Å². The number of nitrogens with zero attached hydrogens (tertiary/aromatic N) is 3. The number of hydrogen-bond donors (Lipinski definition) is 0. The molecule has 3 nitrogen and oxygen atoms in total. The van der Waals surface area contributed by atoms with E-state index in [4.69, 9.17) is 5.26 Å². The zero-order valence-corrected chi connectivity index (χ0v) is 11.8. The van der Waals surface area contributed by atoms with Crippen molar-refractivity contribution in [3.05, 3.63) is 77.9 Å². The van der Waals surface area contributed by atoms with Crippen LogP contribution in [0.4, 0.5) is 0 Å². The van der Waals surface area contributed by atoms with Crippen molar-refractivity contribution in [1.82, 2.24) is 9.55 Å². The Kier molecular flexibility index (Phi) is 3.53. The van der Waals surface area contributed by atoms with Crippen LogP contribution in [0, 0.1) is 18.3 Å². The predicted octanol–water partition coefficient (Wildman–Crippen LogP) is 3.78. The summed E-state index contributed by atoms with van der Waals surface area (Å²) in [5, 5.41) is 8.86. The summed E-state index contributed by atoms with van der Waals surface area (Å²) in [5.41, 5.74) is 5.42. The van der Waals surface area contributed by atoms with Gasteiger partial charge < -0.3 is 4.57 Å². The van der Waals surface area contributed by atoms with Gasteiger partial charge >= 0.3 is 0 Å². The van der Waals surface area contributed by atoms with Crippen LogP contribution < -0.4 is 0 Å². The number of benzene rings is 1. The minimum atomic E-state index is 0.686. The number of nitriles is 1. The molecular weight excluding hydrogens is 258 g/mol. The number of pyridine rings is 1. The first-order chi connectivity index (χ1) is 10.3. The summed E-state index contributed by atoms with van der Waals surface area (Å²) in [4.78, 5) is 4.14. The minimum Gasteiger partial charge on any atom is -0.349 e. The Balaban J connectivity index is 1.89. The molecule has 1 aromatic carbocycles. The van der Waals surface area contributed by atoms with Gasteiger partial charge in [-0.1, -0.05) is 18.2 Å². The molecule has 0 radical (unpaired) electrons. The fourth-order valence-electron chi connectivity index (χ4n) is 2.44. The number of aryl methyl sites for hydroxylation is 1. The Morgan fingerprint density at radius 1 is 1.14 bits per heavy atom. The highest BCUT2D eigenvalue weighted by atomic mass is 14.9. The quantitative estimate of drug-likeness (QED) is 0.728. The van der Waals surface area contributed by atoms with Crippen molar-refractivity contribution in [2.45, 2.75) is 13.5 Å². The molecule has 0 amide bonds. The van der Waals surface area contributed by atoms with E-state index in [0.29, 0.717) is 5.56 Å². The summed E-state index contributed by atoms with van der Waals surface area (Å²) in [6.45, 7) is 2.91. The largest absolute Gasteiger partial charge is 0.349 e. The summed E-state index contributed by atoms with van der Waals surface area (Å²) in [7, 11) is 0. The molecule has 0 fully saturated rings. The van der Waals surface area contributed by atoms with Gasteiger partial charge in [0.2, 0.25) is 0 Å². The zero-order chi connectivity index (χ0) is 14.7. The molecule has 2 aromatic heterocycles. The van der Waals surface area contributed by atoms with Crippen molar-refractivity contribution in [2.24, 2.45) is 0 Å². The maximum absolute atomic E-state index is 8.86. The van der Waals surface area contributed by atoms with E-state index in [1.807, 2.05) is 36.5 Å². The van der Waals surface area contributed by atoms with Gasteiger partial charge in [0.25, 0.3) is 0 Å². The second-order valence-corrected chi connectivity index (χ2v) is 5.08. The van der Waals surface area contributed by atoms with E-state index in [9.17, 15) is 0 Å². The van der Waals surface area contributed by atoms with Crippen LogP contribution in [0.15, 0.2) is 61.2 Å². The molecule has 3 aromatic rings. The Labute approximate surface area is 124 Å². The van der Waals surface area contributed by atoms with Gasteiger partial charge in [-0.2, -0.15) is 5.26 Å². The molecule has 2 heterocycles. The van der Waals surface area contributed by atoms with Gasteiger partial charge in [0.1, 0.15) is 0 Å². The fraction of sp³-hybridized carbons (Fsp3) is 0.111. The van der Waals surface area contributed by atoms with E-state index in [-0.39, 0.29) is 0 Å². The lowest BCUT2D eigenvalue weighted by molar-refractivity contribution is 0.800. The fourth-order valence-corrected chi connectivity index (χ4v) is 2.44. The van der Waals surface area contributed by atoms with Crippen LogP contribution in [-0.4, -0.2) is 9.55 Å². The van der Waals surface area contributed by atoms with Gasteiger partial charge in [0.15, 0.2) is 0 Å². The summed E-state index contributed by atoms with van der Waals surface area (Å²) in [6.07, 6.45) is 7.95. The third-order valence-corrected chi connectivity index (χ3v) is 3.49. The summed E-state index contributed by atoms with van der Waals surface area (Å²) in [6, 6.07) is 13.9. The van der Waals surface area contributed by atoms with Crippen molar-refractivity contribution in [1.29, 1.82) is 5.26 Å². The molecule has 0 aliphatic heterocycles. The Morgan fingerprint density at radius 2 is 1.95 bits per heavy atom. The number of hydrogen-bond acceptors (Lipinski definition) is 2. The molecule has 102 valence electrons. The summed E-state index contributed by atoms with van der Waals surface area (Å²) < 4.78 is 2.17. The molecule has 0 saturated heterocycles. The lowest BCUT2D eigenvalue weighted by atomic mass is 10.0. The van der Waals surface area contributed by atoms with Crippen LogP contribution in [0.2, 0.25) is 0 Å². The zero-order valence-electron chi connectivity index (χ0n) is 11.8. The molecule has 0 aliphatic rings. The number of rotatable bonds is 3. The summed E-state index contributed by atoms with van der Waals surface area (Å²) in [5.74, 6) is 0. The molecule has 0 spiro atoms. The highest BCUT2D eigenvalue weighted by Crippen LogP contribution is 2.25. The van der Waals surface area contributed by atoms with Gasteiger partial charge in [-0.05, 0) is 41.8 Å². The van der Waals surface area contributed by atoms with Gasteiger partial charge in [-0.15, -0.1) is 0 Å². The molecule has 0 aliphatic carbocycles. The smallest absolute Gasteiger partial charge is 0.0991 e. The average Bonchev–Trinajstić information content (AvgIpc) is 2.89. The van der Waals surface area contributed by atoms with Crippen LogP contribution in [-0.2, 0) is 6.54 Å². The monoisotopic (exact) mass is 273 g/mol. The Hall–Kier alpha value is -2.86. The van der Waals surface area contributed by atoms with Crippen LogP contribution in [0.3, 0.4) is 0 Å². The van der Waals surface area contributed by atoms with Crippen LogP contribution >= 0.6 is 0 Å². The number of aromatic nitrogens is 2. The lowest BCUT2D eigenvalue weighted by Gasteiger charge is -2.02. The first kappa shape index (κ1) is 13.1. The van der Waals surface area contributed by atoms with E-state index in [2.05, 4.69) is 41.0 Å². The second-order valence-electron chi connectivity index (χ2n) is 5.08. The average molecular weight is 273 g/mol. The standard InChI is InChI=1S/C18H15N3/c1-14-11-21(12-16-3-2-8-20-10-16)13-18(14)17-6-4-15(9-19)5-7-17/h2-8,10-11,13H,12H2,1H3. The Bertz CT molecular complexity index is 778. The molecule has 21 heavy (non-hydrogen) atoms. The van der Waals surface area contributed by atoms with Gasteiger partial charge in [-0.25, -0.2) is 0 Å². The highest BCUT2D eigenvalue weighted by Gasteiger charge is 2.06. The predicted molar refractivity (Wildman–Crippen MR) is 82.7 cm³/mol. The first-order valence-electron chi connectivity index (χ1n) is 6.82. The normalized spacial score (nSPS) is 10.3. The topological polar surface area (TPSA) is 41.6 Å². The molecule has 3 rings (SSSR count). The van der Waals surface area contributed by atoms with Crippen molar-refractivity contribution in [3.8, 4) is 17.2 Å². The van der Waals surface area contributed by atoms with E-state index < -0.39 is 0 Å². The van der Waals surface area contributed by atoms with Crippen LogP contribution in [0.25, 0.3) is 11.1 Å². The third-order valence-electron chi connectivity index (χ3n) is 3.49. The van der Waals surface area contributed by atoms with E-state index in [1.54, 1.807) is 6.20 Å². The van der Waals surface area contributed by atoms with Crippen molar-refractivity contribution in [2.75, 3.05) is 0 Å². The van der Waals surface area contributed by atoms with Gasteiger partial charge in [0.05, 0.1) is 11.6 Å². The first-order valence-corrected chi connectivity index (χ1v) is 6.82. The molecule has 0 atom stereocenters. The van der Waals surface area contributed by atoms with Crippen molar-refractivity contribution < 1.29 is 0 Å². The lowest BCUT2D eigenvalue weighted by Crippen LogP contribution is -1.96. The van der Waals surface area contributed by atoms with Crippen molar-refractivity contribution >= 4 is 0 Å². The van der Waals surface area contributed by atoms with Gasteiger partial charge in [0, 0.05) is 36.9 Å². The van der Waals surface area contributed by atoms with E-state index in [1.165, 1.54) is 16.7 Å². The Morgan fingerprint density at radius 3 is 2.62 bits per heavy atom. The molecule has 0 unspecified atom stereocenters. The maximum atomic E-state index is 8.86. The summed E-state index contributed by atoms with van der Waals surface area (Å²) >= 11 is 0. The molecule has 3 heteroatoms. The highest BCUT2D eigenvalue weighted by molar-refractivity contribution is 5.67. The van der Waals surface area contributed by atoms with Crippen LogP contribution in [0.1, 0.15) is 16.7 Å². The molecular formula is C18H15N3. The molecule has 0 bridgehead atoms. The van der Waals surface area contributed by atoms with E-state index in [0.717, 1.165) is 12.1 Å². The van der Waals surface area contributed by atoms with Crippen molar-refractivity contribution in [3.63, 3.8) is 0 Å². The third kappa shape index (κ3) is 2.85. The minimum absolute atomic E-state index is 0.686. The second kappa shape index (κ2) is 5.64. The maximum Gasteiger partial charge on any atom is 0.0991 e. The SMILES string of the molecule is Cc1cn(Cc2cccnc2)cc1-c1ccc(C#N)cc1. The van der Waals surface area contributed by atoms with Gasteiger partial charge in [-0.3, -0.25) is 4.98 Å². The van der Waals surface area contributed by atoms with Crippen LogP contribution in [0.5, 0.6) is 0 Å². The molecule has 0 N–H and O–H groups in total. The molecule has 0 saturated carbocycles.